The second-order valence-electron chi connectivity index (χ2n) is 6.09. The minimum atomic E-state index is -1.17. The molecule has 1 aromatic carbocycles. The molecule has 0 saturated heterocycles. The molecular formula is C18H19Cl2FN2O4. The summed E-state index contributed by atoms with van der Waals surface area (Å²) < 4.78 is 19.8. The Balaban J connectivity index is 2.50. The summed E-state index contributed by atoms with van der Waals surface area (Å²) in [6, 6.07) is 3.23. The van der Waals surface area contributed by atoms with Crippen LogP contribution < -0.4 is 10.1 Å². The van der Waals surface area contributed by atoms with E-state index in [0.29, 0.717) is 23.3 Å². The molecule has 0 radical (unpaired) electrons. The molecule has 9 heteroatoms. The highest BCUT2D eigenvalue weighted by atomic mass is 35.5. The van der Waals surface area contributed by atoms with Crippen molar-refractivity contribution >= 4 is 35.0 Å². The summed E-state index contributed by atoms with van der Waals surface area (Å²) in [6.45, 7) is 5.20. The van der Waals surface area contributed by atoms with Gasteiger partial charge in [-0.15, -0.1) is 0 Å². The summed E-state index contributed by atoms with van der Waals surface area (Å²) in [5.74, 6) is -2.10. The quantitative estimate of drug-likeness (QED) is 0.536. The second kappa shape index (κ2) is 8.63. The standard InChI is InChI=1S/C18H19Cl2FN2O4/c1-4-9-5-10(6-11(8(2)3)15(9)26)27-16-13(19)17(21)23-18(14(16)20)22-7-12(24)25/h5-6,8,26H,4,7H2,1-3H3,(H,22,23)(H,24,25). The largest absolute Gasteiger partial charge is 0.507 e. The number of nitrogens with one attached hydrogen (secondary N) is 1. The van der Waals surface area contributed by atoms with Crippen LogP contribution in [0.3, 0.4) is 0 Å². The molecule has 0 atom stereocenters. The summed E-state index contributed by atoms with van der Waals surface area (Å²) in [6.07, 6.45) is 0.556. The van der Waals surface area contributed by atoms with E-state index in [1.807, 2.05) is 20.8 Å². The monoisotopic (exact) mass is 416 g/mol. The van der Waals surface area contributed by atoms with Crippen molar-refractivity contribution in [3.8, 4) is 17.2 Å². The van der Waals surface area contributed by atoms with Crippen LogP contribution in [0.25, 0.3) is 0 Å². The van der Waals surface area contributed by atoms with E-state index in [1.54, 1.807) is 12.1 Å². The fraction of sp³-hybridized carbons (Fsp3) is 0.333. The van der Waals surface area contributed by atoms with Crippen molar-refractivity contribution in [2.45, 2.75) is 33.1 Å². The van der Waals surface area contributed by atoms with Gasteiger partial charge < -0.3 is 20.3 Å². The fourth-order valence-electron chi connectivity index (χ4n) is 2.44. The Bertz CT molecular complexity index is 875. The highest BCUT2D eigenvalue weighted by molar-refractivity contribution is 6.38. The van der Waals surface area contributed by atoms with Crippen molar-refractivity contribution < 1.29 is 24.1 Å². The van der Waals surface area contributed by atoms with E-state index >= 15 is 0 Å². The zero-order valence-electron chi connectivity index (χ0n) is 14.9. The summed E-state index contributed by atoms with van der Waals surface area (Å²) in [5, 5.41) is 20.9. The van der Waals surface area contributed by atoms with Crippen LogP contribution in [-0.4, -0.2) is 27.7 Å². The van der Waals surface area contributed by atoms with Gasteiger partial charge in [-0.1, -0.05) is 44.0 Å². The van der Waals surface area contributed by atoms with Crippen molar-refractivity contribution in [1.82, 2.24) is 4.98 Å². The normalized spacial score (nSPS) is 10.9. The van der Waals surface area contributed by atoms with Gasteiger partial charge in [-0.2, -0.15) is 9.37 Å². The maximum atomic E-state index is 14.1. The molecule has 0 unspecified atom stereocenters. The minimum absolute atomic E-state index is 0.0202. The topological polar surface area (TPSA) is 91.7 Å². The van der Waals surface area contributed by atoms with E-state index in [9.17, 15) is 14.3 Å². The predicted molar refractivity (Wildman–Crippen MR) is 102 cm³/mol. The van der Waals surface area contributed by atoms with Gasteiger partial charge in [-0.05, 0) is 30.0 Å². The predicted octanol–water partition coefficient (Wildman–Crippen LogP) is 5.21. The van der Waals surface area contributed by atoms with Crippen molar-refractivity contribution in [2.75, 3.05) is 11.9 Å². The Hall–Kier alpha value is -2.25. The van der Waals surface area contributed by atoms with E-state index in [-0.39, 0.29) is 28.3 Å². The Morgan fingerprint density at radius 1 is 1.33 bits per heavy atom. The number of aryl methyl sites for hydroxylation is 1. The van der Waals surface area contributed by atoms with Gasteiger partial charge in [0.2, 0.25) is 5.95 Å². The van der Waals surface area contributed by atoms with Gasteiger partial charge in [0.15, 0.2) is 11.6 Å². The molecule has 1 aromatic heterocycles. The van der Waals surface area contributed by atoms with E-state index in [1.165, 1.54) is 0 Å². The molecule has 0 aliphatic rings. The molecular weight excluding hydrogens is 398 g/mol. The van der Waals surface area contributed by atoms with Crippen molar-refractivity contribution in [2.24, 2.45) is 0 Å². The molecule has 0 amide bonds. The summed E-state index contributed by atoms with van der Waals surface area (Å²) in [5.41, 5.74) is 1.32. The van der Waals surface area contributed by atoms with Gasteiger partial charge in [0.1, 0.15) is 28.1 Å². The van der Waals surface area contributed by atoms with E-state index < -0.39 is 23.5 Å². The smallest absolute Gasteiger partial charge is 0.322 e. The van der Waals surface area contributed by atoms with Gasteiger partial charge in [0, 0.05) is 5.56 Å². The number of anilines is 1. The SMILES string of the molecule is CCc1cc(Oc2c(Cl)c(F)nc(NCC(=O)O)c2Cl)cc(C(C)C)c1O. The number of hydrogen-bond acceptors (Lipinski definition) is 5. The minimum Gasteiger partial charge on any atom is -0.507 e. The molecule has 0 saturated carbocycles. The first-order chi connectivity index (χ1) is 12.6. The third kappa shape index (κ3) is 4.73. The molecule has 0 bridgehead atoms. The Morgan fingerprint density at radius 3 is 2.56 bits per heavy atom. The number of hydrogen-bond donors (Lipinski definition) is 3. The van der Waals surface area contributed by atoms with Gasteiger partial charge in [-0.3, -0.25) is 4.79 Å². The number of benzene rings is 1. The van der Waals surface area contributed by atoms with Crippen LogP contribution in [-0.2, 0) is 11.2 Å². The van der Waals surface area contributed by atoms with Crippen molar-refractivity contribution in [3.63, 3.8) is 0 Å². The summed E-state index contributed by atoms with van der Waals surface area (Å²) in [7, 11) is 0. The lowest BCUT2D eigenvalue weighted by Gasteiger charge is -2.17. The molecule has 1 heterocycles. The number of ether oxygens (including phenoxy) is 1. The van der Waals surface area contributed by atoms with Crippen molar-refractivity contribution in [3.05, 3.63) is 39.3 Å². The molecule has 6 nitrogen and oxygen atoms in total. The highest BCUT2D eigenvalue weighted by Gasteiger charge is 2.21. The molecule has 0 aliphatic heterocycles. The Kier molecular flexibility index (Phi) is 6.73. The number of rotatable bonds is 7. The van der Waals surface area contributed by atoms with Gasteiger partial charge in [0.05, 0.1) is 0 Å². The Labute approximate surface area is 165 Å². The first-order valence-electron chi connectivity index (χ1n) is 8.19. The molecule has 0 aliphatic carbocycles. The molecule has 0 fully saturated rings. The van der Waals surface area contributed by atoms with Gasteiger partial charge >= 0.3 is 5.97 Å². The number of nitrogens with zero attached hydrogens (tertiary/aromatic N) is 1. The number of halogens is 3. The lowest BCUT2D eigenvalue weighted by molar-refractivity contribution is -0.134. The zero-order chi connectivity index (χ0) is 20.3. The number of aliphatic carboxylic acids is 1. The van der Waals surface area contributed by atoms with Crippen LogP contribution in [0.15, 0.2) is 12.1 Å². The lowest BCUT2D eigenvalue weighted by Crippen LogP contribution is -2.14. The molecule has 2 rings (SSSR count). The zero-order valence-corrected chi connectivity index (χ0v) is 16.5. The average Bonchev–Trinajstić information content (AvgIpc) is 2.61. The lowest BCUT2D eigenvalue weighted by atomic mass is 9.97. The molecule has 27 heavy (non-hydrogen) atoms. The highest BCUT2D eigenvalue weighted by Crippen LogP contribution is 2.43. The van der Waals surface area contributed by atoms with Crippen LogP contribution in [0.4, 0.5) is 10.2 Å². The second-order valence-corrected chi connectivity index (χ2v) is 6.84. The number of aromatic nitrogens is 1. The number of pyridine rings is 1. The van der Waals surface area contributed by atoms with Crippen molar-refractivity contribution in [1.29, 1.82) is 0 Å². The van der Waals surface area contributed by atoms with E-state index in [4.69, 9.17) is 33.0 Å². The van der Waals surface area contributed by atoms with Crippen LogP contribution in [0.5, 0.6) is 17.2 Å². The maximum absolute atomic E-state index is 14.1. The third-order valence-electron chi connectivity index (χ3n) is 3.82. The first-order valence-corrected chi connectivity index (χ1v) is 8.95. The van der Waals surface area contributed by atoms with Crippen LogP contribution in [0.1, 0.15) is 37.8 Å². The van der Waals surface area contributed by atoms with E-state index in [0.717, 1.165) is 0 Å². The number of carboxylic acids is 1. The number of phenols is 1. The summed E-state index contributed by atoms with van der Waals surface area (Å²) in [4.78, 5) is 14.2. The number of carboxylic acid groups (broad SMARTS) is 1. The number of phenolic OH excluding ortho intramolecular Hbond substituents is 1. The average molecular weight is 417 g/mol. The van der Waals surface area contributed by atoms with Crippen LogP contribution in [0.2, 0.25) is 10.0 Å². The number of aromatic hydroxyl groups is 1. The summed E-state index contributed by atoms with van der Waals surface area (Å²) >= 11 is 12.1. The first kappa shape index (κ1) is 21.1. The maximum Gasteiger partial charge on any atom is 0.322 e. The van der Waals surface area contributed by atoms with Crippen LogP contribution in [0, 0.1) is 5.95 Å². The molecule has 2 aromatic rings. The van der Waals surface area contributed by atoms with E-state index in [2.05, 4.69) is 10.3 Å². The number of carbonyl (C=O) groups is 1. The fourth-order valence-corrected chi connectivity index (χ4v) is 2.90. The third-order valence-corrected chi connectivity index (χ3v) is 4.50. The molecule has 146 valence electrons. The van der Waals surface area contributed by atoms with Crippen LogP contribution >= 0.6 is 23.2 Å². The van der Waals surface area contributed by atoms with Gasteiger partial charge in [-0.25, -0.2) is 0 Å². The van der Waals surface area contributed by atoms with Gasteiger partial charge in [0.25, 0.3) is 0 Å². The molecule has 3 N–H and O–H groups in total. The molecule has 0 spiro atoms. The Morgan fingerprint density at radius 2 is 2.00 bits per heavy atom.